The molecule has 2 rings (SSSR count). The Labute approximate surface area is 193 Å². The van der Waals surface area contributed by atoms with Crippen LogP contribution in [0.3, 0.4) is 0 Å². The summed E-state index contributed by atoms with van der Waals surface area (Å²) in [5.41, 5.74) is 1.41. The molecular weight excluding hydrogens is 422 g/mol. The quantitative estimate of drug-likeness (QED) is 0.169. The van der Waals surface area contributed by atoms with E-state index in [-0.39, 0.29) is 29.0 Å². The van der Waals surface area contributed by atoms with Gasteiger partial charge in [0.15, 0.2) is 8.32 Å². The third kappa shape index (κ3) is 5.50. The summed E-state index contributed by atoms with van der Waals surface area (Å²) in [6.45, 7) is 19.1. The molecule has 0 bridgehead atoms. The Morgan fingerprint density at radius 1 is 1.22 bits per heavy atom. The third-order valence-corrected chi connectivity index (χ3v) is 11.0. The van der Waals surface area contributed by atoms with E-state index >= 15 is 0 Å². The van der Waals surface area contributed by atoms with E-state index < -0.39 is 14.3 Å². The fraction of sp³-hybridized carbons (Fsp3) is 0.520. The van der Waals surface area contributed by atoms with Crippen molar-refractivity contribution >= 4 is 25.9 Å². The van der Waals surface area contributed by atoms with E-state index in [2.05, 4.69) is 40.4 Å². The van der Waals surface area contributed by atoms with E-state index in [0.717, 1.165) is 5.69 Å². The number of methoxy groups -OCH3 is 1. The molecule has 176 valence electrons. The Kier molecular flexibility index (Phi) is 8.12. The number of hydrogen-bond donors (Lipinski definition) is 0. The standard InChI is InChI=1S/C25H37NO5Si/c1-10-30-21(27)16-11-17(2)23-22(18(3)31-32(8,9)25(4,5)6)24(28)26(23)19-12-14-20(29-7)15-13-19/h11-16,18,22-23H,2,10H2,1,3-9H3/b16-11+/t18-,22-,23-/m1/s1. The van der Waals surface area contributed by atoms with Crippen molar-refractivity contribution in [1.29, 1.82) is 0 Å². The van der Waals surface area contributed by atoms with Crippen LogP contribution in [0, 0.1) is 5.92 Å². The third-order valence-electron chi connectivity index (χ3n) is 6.38. The second kappa shape index (κ2) is 10.0. The number of rotatable bonds is 9. The van der Waals surface area contributed by atoms with Gasteiger partial charge in [0.05, 0.1) is 31.8 Å². The topological polar surface area (TPSA) is 65.1 Å². The van der Waals surface area contributed by atoms with E-state index in [1.54, 1.807) is 25.0 Å². The highest BCUT2D eigenvalue weighted by Crippen LogP contribution is 2.43. The molecule has 6 nitrogen and oxygen atoms in total. The van der Waals surface area contributed by atoms with E-state index in [4.69, 9.17) is 13.9 Å². The lowest BCUT2D eigenvalue weighted by Gasteiger charge is -2.51. The lowest BCUT2D eigenvalue weighted by molar-refractivity contribution is -0.137. The first-order valence-corrected chi connectivity index (χ1v) is 13.9. The maximum Gasteiger partial charge on any atom is 0.330 e. The van der Waals surface area contributed by atoms with Gasteiger partial charge >= 0.3 is 5.97 Å². The SMILES string of the molecule is C=C(/C=C/C(=O)OCC)[C@@H]1[C@@H]([C@@H](C)O[Si](C)(C)C(C)(C)C)C(=O)N1c1ccc(OC)cc1. The average molecular weight is 460 g/mol. The lowest BCUT2D eigenvalue weighted by atomic mass is 9.78. The molecule has 1 aromatic carbocycles. The summed E-state index contributed by atoms with van der Waals surface area (Å²) >= 11 is 0. The zero-order chi connectivity index (χ0) is 24.3. The van der Waals surface area contributed by atoms with Crippen molar-refractivity contribution in [3.8, 4) is 5.75 Å². The average Bonchev–Trinajstić information content (AvgIpc) is 2.69. The Bertz CT molecular complexity index is 869. The van der Waals surface area contributed by atoms with Crippen LogP contribution >= 0.6 is 0 Å². The second-order valence-electron chi connectivity index (χ2n) is 9.62. The molecule has 0 spiro atoms. The van der Waals surface area contributed by atoms with Crippen LogP contribution in [0.1, 0.15) is 34.6 Å². The van der Waals surface area contributed by atoms with Crippen molar-refractivity contribution in [3.05, 3.63) is 48.6 Å². The van der Waals surface area contributed by atoms with Gasteiger partial charge in [0.2, 0.25) is 5.91 Å². The van der Waals surface area contributed by atoms with Crippen LogP contribution in [-0.4, -0.2) is 46.1 Å². The summed E-state index contributed by atoms with van der Waals surface area (Å²) in [6, 6.07) is 7.02. The zero-order valence-corrected chi connectivity index (χ0v) is 21.6. The van der Waals surface area contributed by atoms with Gasteiger partial charge in [-0.2, -0.15) is 0 Å². The number of anilines is 1. The highest BCUT2D eigenvalue weighted by atomic mass is 28.4. The van der Waals surface area contributed by atoms with Crippen LogP contribution in [0.15, 0.2) is 48.6 Å². The van der Waals surface area contributed by atoms with Gasteiger partial charge in [-0.05, 0) is 61.8 Å². The number of carbonyl (C=O) groups excluding carboxylic acids is 2. The normalized spacial score (nSPS) is 20.1. The first-order valence-electron chi connectivity index (χ1n) is 11.0. The summed E-state index contributed by atoms with van der Waals surface area (Å²) in [4.78, 5) is 26.9. The van der Waals surface area contributed by atoms with Gasteiger partial charge < -0.3 is 18.8 Å². The number of esters is 1. The van der Waals surface area contributed by atoms with Gasteiger partial charge in [-0.25, -0.2) is 4.79 Å². The smallest absolute Gasteiger partial charge is 0.330 e. The van der Waals surface area contributed by atoms with E-state index in [1.807, 2.05) is 31.2 Å². The number of hydrogen-bond acceptors (Lipinski definition) is 5. The van der Waals surface area contributed by atoms with Crippen LogP contribution in [-0.2, 0) is 18.8 Å². The minimum Gasteiger partial charge on any atom is -0.497 e. The second-order valence-corrected chi connectivity index (χ2v) is 14.4. The molecule has 1 heterocycles. The van der Waals surface area contributed by atoms with Crippen molar-refractivity contribution in [3.63, 3.8) is 0 Å². The predicted octanol–water partition coefficient (Wildman–Crippen LogP) is 5.11. The van der Waals surface area contributed by atoms with Crippen LogP contribution in [0.5, 0.6) is 5.75 Å². The lowest BCUT2D eigenvalue weighted by Crippen LogP contribution is -2.66. The maximum atomic E-state index is 13.3. The van der Waals surface area contributed by atoms with Crippen LogP contribution in [0.2, 0.25) is 18.1 Å². The molecule has 1 fully saturated rings. The van der Waals surface area contributed by atoms with Crippen molar-refractivity contribution in [2.75, 3.05) is 18.6 Å². The van der Waals surface area contributed by atoms with Crippen LogP contribution in [0.4, 0.5) is 5.69 Å². The molecule has 1 amide bonds. The Morgan fingerprint density at radius 3 is 2.31 bits per heavy atom. The fourth-order valence-corrected chi connectivity index (χ4v) is 5.00. The molecule has 0 N–H and O–H groups in total. The molecule has 3 atom stereocenters. The molecule has 1 saturated heterocycles. The van der Waals surface area contributed by atoms with Crippen molar-refractivity contribution < 1.29 is 23.5 Å². The monoisotopic (exact) mass is 459 g/mol. The highest BCUT2D eigenvalue weighted by molar-refractivity contribution is 6.74. The highest BCUT2D eigenvalue weighted by Gasteiger charge is 2.53. The summed E-state index contributed by atoms with van der Waals surface area (Å²) in [7, 11) is -0.475. The molecule has 0 saturated carbocycles. The molecule has 1 aromatic rings. The minimum absolute atomic E-state index is 0.0166. The van der Waals surface area contributed by atoms with Crippen molar-refractivity contribution in [2.24, 2.45) is 5.92 Å². The molecular formula is C25H37NO5Si. The molecule has 0 aromatic heterocycles. The minimum atomic E-state index is -2.08. The molecule has 32 heavy (non-hydrogen) atoms. The number of β-lactam (4-membered cyclic amide) rings is 1. The number of benzene rings is 1. The summed E-state index contributed by atoms with van der Waals surface area (Å²) in [5.74, 6) is -0.120. The van der Waals surface area contributed by atoms with Gasteiger partial charge in [0, 0.05) is 11.8 Å². The van der Waals surface area contributed by atoms with Gasteiger partial charge in [0.25, 0.3) is 0 Å². The molecule has 1 aliphatic heterocycles. The predicted molar refractivity (Wildman–Crippen MR) is 130 cm³/mol. The van der Waals surface area contributed by atoms with E-state index in [0.29, 0.717) is 17.9 Å². The summed E-state index contributed by atoms with van der Waals surface area (Å²) < 4.78 is 16.8. The number of carbonyl (C=O) groups is 2. The summed E-state index contributed by atoms with van der Waals surface area (Å²) in [5, 5.41) is 0.0278. The van der Waals surface area contributed by atoms with Gasteiger partial charge in [-0.1, -0.05) is 33.4 Å². The Morgan fingerprint density at radius 2 is 1.81 bits per heavy atom. The summed E-state index contributed by atoms with van der Waals surface area (Å²) in [6.07, 6.45) is 2.71. The largest absolute Gasteiger partial charge is 0.497 e. The number of ether oxygens (including phenoxy) is 2. The van der Waals surface area contributed by atoms with Crippen molar-refractivity contribution in [2.45, 2.75) is 64.9 Å². The van der Waals surface area contributed by atoms with Gasteiger partial charge in [-0.3, -0.25) is 4.79 Å². The Balaban J connectivity index is 2.34. The van der Waals surface area contributed by atoms with Gasteiger partial charge in [0.1, 0.15) is 5.75 Å². The zero-order valence-electron chi connectivity index (χ0n) is 20.6. The number of amides is 1. The van der Waals surface area contributed by atoms with E-state index in [1.165, 1.54) is 6.08 Å². The molecule has 1 aliphatic rings. The van der Waals surface area contributed by atoms with Gasteiger partial charge in [-0.15, -0.1) is 0 Å². The first-order chi connectivity index (χ1) is 14.8. The van der Waals surface area contributed by atoms with E-state index in [9.17, 15) is 9.59 Å². The fourth-order valence-electron chi connectivity index (χ4n) is 3.57. The Hall–Kier alpha value is -2.38. The number of nitrogens with zero attached hydrogens (tertiary/aromatic N) is 1. The molecule has 0 aliphatic carbocycles. The van der Waals surface area contributed by atoms with Crippen molar-refractivity contribution in [1.82, 2.24) is 0 Å². The molecule has 7 heteroatoms. The van der Waals surface area contributed by atoms with Crippen LogP contribution < -0.4 is 9.64 Å². The van der Waals surface area contributed by atoms with Crippen LogP contribution in [0.25, 0.3) is 0 Å². The molecule has 0 radical (unpaired) electrons. The first kappa shape index (κ1) is 25.9. The maximum absolute atomic E-state index is 13.3. The molecule has 0 unspecified atom stereocenters.